The van der Waals surface area contributed by atoms with Crippen LogP contribution >= 0.6 is 11.6 Å². The number of aromatic nitrogens is 2. The van der Waals surface area contributed by atoms with Crippen LogP contribution in [0.15, 0.2) is 39.5 Å². The van der Waals surface area contributed by atoms with Crippen molar-refractivity contribution in [3.05, 3.63) is 51.3 Å². The number of allylic oxidation sites excluding steroid dienone is 1. The van der Waals surface area contributed by atoms with Crippen LogP contribution in [0.5, 0.6) is 5.88 Å². The second-order valence-electron chi connectivity index (χ2n) is 10.5. The van der Waals surface area contributed by atoms with Gasteiger partial charge >= 0.3 is 6.09 Å². The number of amides is 1. The van der Waals surface area contributed by atoms with Crippen molar-refractivity contribution in [1.29, 1.82) is 0 Å². The number of H-pyrrole nitrogens is 1. The molecule has 0 saturated heterocycles. The number of nitrogens with one attached hydrogen (secondary N) is 1. The van der Waals surface area contributed by atoms with Crippen LogP contribution in [0.2, 0.25) is 0 Å². The van der Waals surface area contributed by atoms with E-state index in [9.17, 15) is 4.79 Å². The second-order valence-corrected chi connectivity index (χ2v) is 10.9. The van der Waals surface area contributed by atoms with Crippen LogP contribution in [-0.4, -0.2) is 35.3 Å². The van der Waals surface area contributed by atoms with E-state index in [1.54, 1.807) is 12.0 Å². The summed E-state index contributed by atoms with van der Waals surface area (Å²) in [5.41, 5.74) is 3.17. The highest BCUT2D eigenvalue weighted by molar-refractivity contribution is 6.34. The highest BCUT2D eigenvalue weighted by Crippen LogP contribution is 2.40. The predicted octanol–water partition coefficient (Wildman–Crippen LogP) is 5.12. The van der Waals surface area contributed by atoms with Crippen LogP contribution in [0, 0.1) is 5.92 Å². The molecule has 2 aliphatic heterocycles. The summed E-state index contributed by atoms with van der Waals surface area (Å²) >= 11 is 6.43. The maximum atomic E-state index is 13.1. The molecule has 36 heavy (non-hydrogen) atoms. The molecule has 1 aliphatic carbocycles. The molecule has 0 spiro atoms. The molecule has 2 aromatic heterocycles. The zero-order chi connectivity index (χ0) is 25.4. The molecule has 1 N–H and O–H groups in total. The molecule has 0 aromatic carbocycles. The van der Waals surface area contributed by atoms with E-state index < -0.39 is 11.7 Å². The first kappa shape index (κ1) is 24.6. The molecule has 0 radical (unpaired) electrons. The van der Waals surface area contributed by atoms with Gasteiger partial charge in [-0.25, -0.2) is 9.78 Å². The lowest BCUT2D eigenvalue weighted by Crippen LogP contribution is -2.39. The Balaban J connectivity index is 1.47. The number of methoxy groups -OCH3 is 1. The van der Waals surface area contributed by atoms with Crippen LogP contribution in [0.4, 0.5) is 10.5 Å². The second kappa shape index (κ2) is 9.73. The molecule has 2 aromatic rings. The first-order chi connectivity index (χ1) is 17.2. The van der Waals surface area contributed by atoms with Gasteiger partial charge in [-0.05, 0) is 64.7 Å². The smallest absolute Gasteiger partial charge is 0.415 e. The number of nitrogens with zero attached hydrogens (tertiary/aromatic N) is 4. The molecule has 0 bridgehead atoms. The first-order valence-corrected chi connectivity index (χ1v) is 12.8. The molecule has 5 rings (SSSR count). The standard InChI is InChI=1S/C27H32ClN5O3/c1-27(2,3)36-26(34)33-13-12-18(28)14-21-25(33)19-15-29-32-23(24(19)31-21)17-10-8-16(9-11-17)20-6-5-7-22(30-20)35-4/h5-7,12,14,16-17,31H,8-11,13,15H2,1-4H3. The summed E-state index contributed by atoms with van der Waals surface area (Å²) in [7, 11) is 1.65. The molecule has 0 atom stereocenters. The first-order valence-electron chi connectivity index (χ1n) is 12.4. The third kappa shape index (κ3) is 4.91. The molecule has 0 unspecified atom stereocenters. The molecule has 8 nitrogen and oxygen atoms in total. The van der Waals surface area contributed by atoms with E-state index in [0.29, 0.717) is 29.9 Å². The van der Waals surface area contributed by atoms with Crippen LogP contribution < -0.4 is 20.3 Å². The lowest BCUT2D eigenvalue weighted by molar-refractivity contribution is 0.0584. The number of anilines is 1. The zero-order valence-corrected chi connectivity index (χ0v) is 21.9. The minimum Gasteiger partial charge on any atom is -0.481 e. The van der Waals surface area contributed by atoms with Crippen molar-refractivity contribution in [3.8, 4) is 5.88 Å². The van der Waals surface area contributed by atoms with Gasteiger partial charge in [0.1, 0.15) is 5.60 Å². The normalized spacial score (nSPS) is 21.6. The van der Waals surface area contributed by atoms with Gasteiger partial charge in [0.05, 0.1) is 35.7 Å². The summed E-state index contributed by atoms with van der Waals surface area (Å²) in [6.07, 6.45) is 7.28. The molecular weight excluding hydrogens is 478 g/mol. The van der Waals surface area contributed by atoms with E-state index in [2.05, 4.69) is 26.3 Å². The molecule has 1 saturated carbocycles. The minimum atomic E-state index is -0.607. The zero-order valence-electron chi connectivity index (χ0n) is 21.2. The number of carbonyl (C=O) groups is 1. The molecule has 1 amide bonds. The Morgan fingerprint density at radius 3 is 2.64 bits per heavy atom. The highest BCUT2D eigenvalue weighted by atomic mass is 35.5. The number of aromatic amines is 1. The molecule has 9 heteroatoms. The van der Waals surface area contributed by atoms with Gasteiger partial charge in [-0.3, -0.25) is 4.90 Å². The summed E-state index contributed by atoms with van der Waals surface area (Å²) in [5, 5.41) is 11.4. The van der Waals surface area contributed by atoms with Gasteiger partial charge in [-0.15, -0.1) is 0 Å². The van der Waals surface area contributed by atoms with Crippen LogP contribution in [0.1, 0.15) is 63.6 Å². The minimum absolute atomic E-state index is 0.276. The van der Waals surface area contributed by atoms with Gasteiger partial charge < -0.3 is 14.5 Å². The molecule has 4 heterocycles. The number of rotatable bonds is 3. The van der Waals surface area contributed by atoms with E-state index in [1.165, 1.54) is 0 Å². The Morgan fingerprint density at radius 1 is 1.17 bits per heavy atom. The number of fused-ring (bicyclic) bond motifs is 3. The summed E-state index contributed by atoms with van der Waals surface area (Å²) in [4.78, 5) is 23.0. The maximum absolute atomic E-state index is 13.1. The molecular formula is C27H32ClN5O3. The van der Waals surface area contributed by atoms with Crippen LogP contribution in [0.3, 0.4) is 0 Å². The van der Waals surface area contributed by atoms with Crippen LogP contribution in [-0.2, 0) is 11.3 Å². The number of azo groups is 1. The number of ether oxygens (including phenoxy) is 2. The maximum Gasteiger partial charge on any atom is 0.415 e. The number of carbonyl (C=O) groups excluding carboxylic acids is 1. The third-order valence-corrected chi connectivity index (χ3v) is 7.15. The van der Waals surface area contributed by atoms with Gasteiger partial charge in [0.25, 0.3) is 0 Å². The lowest BCUT2D eigenvalue weighted by atomic mass is 9.78. The number of pyridine rings is 1. The van der Waals surface area contributed by atoms with E-state index in [0.717, 1.165) is 59.0 Å². The van der Waals surface area contributed by atoms with Gasteiger partial charge in [-0.1, -0.05) is 17.7 Å². The Bertz CT molecular complexity index is 1350. The quantitative estimate of drug-likeness (QED) is 0.621. The molecule has 3 aliphatic rings. The Labute approximate surface area is 215 Å². The third-order valence-electron chi connectivity index (χ3n) is 6.89. The Morgan fingerprint density at radius 2 is 1.92 bits per heavy atom. The highest BCUT2D eigenvalue weighted by Gasteiger charge is 2.32. The fourth-order valence-electron chi connectivity index (χ4n) is 5.24. The van der Waals surface area contributed by atoms with Crippen molar-refractivity contribution in [2.24, 2.45) is 16.1 Å². The van der Waals surface area contributed by atoms with E-state index in [1.807, 2.05) is 45.1 Å². The average molecular weight is 510 g/mol. The van der Waals surface area contributed by atoms with Crippen molar-refractivity contribution < 1.29 is 14.3 Å². The summed E-state index contributed by atoms with van der Waals surface area (Å²) in [6, 6.07) is 5.96. The predicted molar refractivity (Wildman–Crippen MR) is 139 cm³/mol. The van der Waals surface area contributed by atoms with Crippen molar-refractivity contribution in [2.45, 2.75) is 64.5 Å². The van der Waals surface area contributed by atoms with Gasteiger partial charge in [-0.2, -0.15) is 10.2 Å². The van der Waals surface area contributed by atoms with Gasteiger partial charge in [0.15, 0.2) is 0 Å². The fourth-order valence-corrected chi connectivity index (χ4v) is 5.42. The van der Waals surface area contributed by atoms with E-state index >= 15 is 0 Å². The van der Waals surface area contributed by atoms with Crippen molar-refractivity contribution in [2.75, 3.05) is 18.6 Å². The molecule has 1 fully saturated rings. The van der Waals surface area contributed by atoms with Crippen molar-refractivity contribution in [3.63, 3.8) is 0 Å². The monoisotopic (exact) mass is 509 g/mol. The van der Waals surface area contributed by atoms with Gasteiger partial charge in [0.2, 0.25) is 5.88 Å². The largest absolute Gasteiger partial charge is 0.481 e. The summed E-state index contributed by atoms with van der Waals surface area (Å²) in [6.45, 7) is 6.32. The van der Waals surface area contributed by atoms with E-state index in [-0.39, 0.29) is 5.92 Å². The van der Waals surface area contributed by atoms with Crippen molar-refractivity contribution in [1.82, 2.24) is 9.97 Å². The van der Waals surface area contributed by atoms with Gasteiger partial charge in [0, 0.05) is 40.7 Å². The Kier molecular flexibility index (Phi) is 6.64. The van der Waals surface area contributed by atoms with E-state index in [4.69, 9.17) is 21.1 Å². The molecule has 190 valence electrons. The topological polar surface area (TPSA) is 92.2 Å². The summed E-state index contributed by atoms with van der Waals surface area (Å²) in [5.74, 6) is 1.33. The number of hydrogen-bond acceptors (Lipinski definition) is 6. The van der Waals surface area contributed by atoms with Crippen LogP contribution in [0.25, 0.3) is 11.8 Å². The SMILES string of the molecule is COc1cccc(C2CCC(C3=c4[nH]c5c(c4CN=N3)N(C(=O)OC(C)(C)C)CC=C(Cl)C=5)CC2)n1. The lowest BCUT2D eigenvalue weighted by Gasteiger charge is -2.29. The number of halogens is 1. The fraction of sp³-hybridized carbons (Fsp3) is 0.481. The average Bonchev–Trinajstić information content (AvgIpc) is 3.12. The van der Waals surface area contributed by atoms with Crippen molar-refractivity contribution >= 4 is 35.2 Å². The number of hydrogen-bond donors (Lipinski definition) is 1. The Hall–Kier alpha value is -3.13. The summed E-state index contributed by atoms with van der Waals surface area (Å²) < 4.78 is 11.0.